The van der Waals surface area contributed by atoms with Gasteiger partial charge in [0.15, 0.2) is 0 Å². The van der Waals surface area contributed by atoms with Crippen molar-refractivity contribution >= 4 is 5.97 Å². The van der Waals surface area contributed by atoms with Crippen molar-refractivity contribution in [1.29, 1.82) is 0 Å². The van der Waals surface area contributed by atoms with Gasteiger partial charge in [-0.3, -0.25) is 4.79 Å². The van der Waals surface area contributed by atoms with Crippen LogP contribution in [0.2, 0.25) is 0 Å². The maximum absolute atomic E-state index is 10.9. The van der Waals surface area contributed by atoms with Crippen molar-refractivity contribution in [2.45, 2.75) is 26.4 Å². The Labute approximate surface area is 66.7 Å². The number of epoxide rings is 1. The number of hydrogen-bond donors (Lipinski definition) is 0. The third kappa shape index (κ3) is 3.98. The molecule has 1 saturated heterocycles. The van der Waals surface area contributed by atoms with Crippen LogP contribution in [-0.2, 0) is 14.3 Å². The number of ether oxygens (including phenoxy) is 2. The summed E-state index contributed by atoms with van der Waals surface area (Å²) in [5.74, 6) is 0.278. The van der Waals surface area contributed by atoms with Gasteiger partial charge in [0.2, 0.25) is 0 Å². The maximum Gasteiger partial charge on any atom is 0.308 e. The van der Waals surface area contributed by atoms with E-state index in [4.69, 9.17) is 9.47 Å². The molecule has 0 unspecified atom stereocenters. The summed E-state index contributed by atoms with van der Waals surface area (Å²) in [4.78, 5) is 10.9. The zero-order valence-electron chi connectivity index (χ0n) is 7.00. The van der Waals surface area contributed by atoms with E-state index in [9.17, 15) is 4.79 Å². The maximum atomic E-state index is 10.9. The number of rotatable bonds is 4. The van der Waals surface area contributed by atoms with E-state index in [0.29, 0.717) is 18.9 Å². The van der Waals surface area contributed by atoms with Gasteiger partial charge in [0, 0.05) is 0 Å². The molecule has 3 nitrogen and oxygen atoms in total. The molecule has 0 aliphatic carbocycles. The smallest absolute Gasteiger partial charge is 0.308 e. The lowest BCUT2D eigenvalue weighted by Gasteiger charge is -2.05. The molecule has 0 bridgehead atoms. The SMILES string of the molecule is CC(C)COC(=O)C[C@H]1CO1. The molecule has 1 aliphatic rings. The van der Waals surface area contributed by atoms with E-state index in [1.807, 2.05) is 13.8 Å². The zero-order chi connectivity index (χ0) is 8.27. The van der Waals surface area contributed by atoms with Gasteiger partial charge in [-0.15, -0.1) is 0 Å². The Morgan fingerprint density at radius 1 is 1.73 bits per heavy atom. The average Bonchev–Trinajstić information content (AvgIpc) is 2.67. The van der Waals surface area contributed by atoms with Gasteiger partial charge < -0.3 is 9.47 Å². The van der Waals surface area contributed by atoms with E-state index in [-0.39, 0.29) is 12.1 Å². The van der Waals surface area contributed by atoms with Gasteiger partial charge >= 0.3 is 5.97 Å². The zero-order valence-corrected chi connectivity index (χ0v) is 7.00. The third-order valence-corrected chi connectivity index (χ3v) is 1.37. The van der Waals surface area contributed by atoms with Crippen LogP contribution >= 0.6 is 0 Å². The van der Waals surface area contributed by atoms with E-state index >= 15 is 0 Å². The summed E-state index contributed by atoms with van der Waals surface area (Å²) >= 11 is 0. The van der Waals surface area contributed by atoms with Crippen molar-refractivity contribution in [3.05, 3.63) is 0 Å². The van der Waals surface area contributed by atoms with Crippen molar-refractivity contribution in [3.8, 4) is 0 Å². The highest BCUT2D eigenvalue weighted by atomic mass is 16.6. The second kappa shape index (κ2) is 3.72. The molecule has 0 amide bonds. The van der Waals surface area contributed by atoms with Crippen molar-refractivity contribution in [2.24, 2.45) is 5.92 Å². The number of carbonyl (C=O) groups is 1. The molecule has 0 saturated carbocycles. The van der Waals surface area contributed by atoms with E-state index < -0.39 is 0 Å². The highest BCUT2D eigenvalue weighted by Crippen LogP contribution is 2.13. The number of hydrogen-bond acceptors (Lipinski definition) is 3. The summed E-state index contributed by atoms with van der Waals surface area (Å²) in [7, 11) is 0. The number of carbonyl (C=O) groups excluding carboxylic acids is 1. The highest BCUT2D eigenvalue weighted by Gasteiger charge is 2.26. The Hall–Kier alpha value is -0.570. The van der Waals surface area contributed by atoms with Crippen LogP contribution in [0.5, 0.6) is 0 Å². The molecule has 1 rings (SSSR count). The second-order valence-corrected chi connectivity index (χ2v) is 3.24. The van der Waals surface area contributed by atoms with Crippen LogP contribution in [0.25, 0.3) is 0 Å². The largest absolute Gasteiger partial charge is 0.465 e. The summed E-state index contributed by atoms with van der Waals surface area (Å²) in [5, 5.41) is 0. The van der Waals surface area contributed by atoms with Crippen molar-refractivity contribution in [3.63, 3.8) is 0 Å². The fourth-order valence-corrected chi connectivity index (χ4v) is 0.690. The topological polar surface area (TPSA) is 38.8 Å². The Balaban J connectivity index is 2.00. The predicted molar refractivity (Wildman–Crippen MR) is 40.2 cm³/mol. The molecule has 0 aromatic rings. The Bertz CT molecular complexity index is 138. The first kappa shape index (κ1) is 8.53. The summed E-state index contributed by atoms with van der Waals surface area (Å²) in [6.07, 6.45) is 0.571. The van der Waals surface area contributed by atoms with Crippen LogP contribution in [0.15, 0.2) is 0 Å². The average molecular weight is 158 g/mol. The Morgan fingerprint density at radius 2 is 2.36 bits per heavy atom. The molecule has 1 atom stereocenters. The lowest BCUT2D eigenvalue weighted by atomic mass is 10.2. The Morgan fingerprint density at radius 3 is 2.82 bits per heavy atom. The van der Waals surface area contributed by atoms with Gasteiger partial charge in [-0.2, -0.15) is 0 Å². The van der Waals surface area contributed by atoms with Gasteiger partial charge in [0.05, 0.1) is 25.7 Å². The summed E-state index contributed by atoms with van der Waals surface area (Å²) in [6.45, 7) is 5.27. The van der Waals surface area contributed by atoms with E-state index in [1.54, 1.807) is 0 Å². The molecule has 64 valence electrons. The number of esters is 1. The molecule has 3 heteroatoms. The first-order chi connectivity index (χ1) is 5.18. The monoisotopic (exact) mass is 158 g/mol. The van der Waals surface area contributed by atoms with E-state index in [1.165, 1.54) is 0 Å². The minimum Gasteiger partial charge on any atom is -0.465 e. The van der Waals surface area contributed by atoms with Gasteiger partial charge in [0.25, 0.3) is 0 Å². The molecule has 0 aromatic heterocycles. The first-order valence-corrected chi connectivity index (χ1v) is 3.95. The predicted octanol–water partition coefficient (Wildman–Crippen LogP) is 0.975. The van der Waals surface area contributed by atoms with Crippen molar-refractivity contribution < 1.29 is 14.3 Å². The van der Waals surface area contributed by atoms with Crippen molar-refractivity contribution in [2.75, 3.05) is 13.2 Å². The first-order valence-electron chi connectivity index (χ1n) is 3.95. The fraction of sp³-hybridized carbons (Fsp3) is 0.875. The molecule has 1 fully saturated rings. The molecule has 11 heavy (non-hydrogen) atoms. The molecular weight excluding hydrogens is 144 g/mol. The minimum atomic E-state index is -0.138. The molecule has 1 heterocycles. The van der Waals surface area contributed by atoms with E-state index in [0.717, 1.165) is 6.61 Å². The molecule has 0 N–H and O–H groups in total. The molecule has 0 spiro atoms. The molecule has 0 radical (unpaired) electrons. The minimum absolute atomic E-state index is 0.138. The normalized spacial score (nSPS) is 21.9. The standard InChI is InChI=1S/C8H14O3/c1-6(2)4-11-8(9)3-7-5-10-7/h6-7H,3-5H2,1-2H3/t7-/m0/s1. The van der Waals surface area contributed by atoms with Gasteiger partial charge in [0.1, 0.15) is 0 Å². The quantitative estimate of drug-likeness (QED) is 0.452. The van der Waals surface area contributed by atoms with Crippen LogP contribution in [0.1, 0.15) is 20.3 Å². The fourth-order valence-electron chi connectivity index (χ4n) is 0.690. The molecule has 0 aromatic carbocycles. The second-order valence-electron chi connectivity index (χ2n) is 3.24. The lowest BCUT2D eigenvalue weighted by Crippen LogP contribution is -2.11. The highest BCUT2D eigenvalue weighted by molar-refractivity contribution is 5.70. The van der Waals surface area contributed by atoms with E-state index in [2.05, 4.69) is 0 Å². The summed E-state index contributed by atoms with van der Waals surface area (Å²) in [5.41, 5.74) is 0. The summed E-state index contributed by atoms with van der Waals surface area (Å²) < 4.78 is 9.82. The van der Waals surface area contributed by atoms with Crippen LogP contribution in [0.4, 0.5) is 0 Å². The molecular formula is C8H14O3. The third-order valence-electron chi connectivity index (χ3n) is 1.37. The van der Waals surface area contributed by atoms with Gasteiger partial charge in [-0.25, -0.2) is 0 Å². The van der Waals surface area contributed by atoms with Gasteiger partial charge in [-0.1, -0.05) is 13.8 Å². The van der Waals surface area contributed by atoms with Crippen LogP contribution < -0.4 is 0 Å². The van der Waals surface area contributed by atoms with Crippen LogP contribution in [-0.4, -0.2) is 25.3 Å². The summed E-state index contributed by atoms with van der Waals surface area (Å²) in [6, 6.07) is 0. The molecule has 1 aliphatic heterocycles. The van der Waals surface area contributed by atoms with Crippen molar-refractivity contribution in [1.82, 2.24) is 0 Å². The van der Waals surface area contributed by atoms with Crippen LogP contribution in [0, 0.1) is 5.92 Å². The lowest BCUT2D eigenvalue weighted by molar-refractivity contribution is -0.145. The van der Waals surface area contributed by atoms with Crippen LogP contribution in [0.3, 0.4) is 0 Å². The van der Waals surface area contributed by atoms with Gasteiger partial charge in [-0.05, 0) is 5.92 Å². The Kier molecular flexibility index (Phi) is 2.88.